The number of carbonyl (C=O) groups is 2. The van der Waals surface area contributed by atoms with Crippen LogP contribution in [0.1, 0.15) is 20.3 Å². The minimum Gasteiger partial charge on any atom is -0.481 e. The van der Waals surface area contributed by atoms with E-state index in [0.717, 1.165) is 0 Å². The smallest absolute Gasteiger partial charge is 0.305 e. The van der Waals surface area contributed by atoms with Gasteiger partial charge in [-0.3, -0.25) is 14.5 Å². The molecule has 0 aliphatic carbocycles. The van der Waals surface area contributed by atoms with Crippen LogP contribution in [0.2, 0.25) is 0 Å². The number of piperazine rings is 1. The molecular weight excluding hydrogens is 196 g/mol. The quantitative estimate of drug-likeness (QED) is 0.703. The monoisotopic (exact) mass is 214 g/mol. The second kappa shape index (κ2) is 3.81. The van der Waals surface area contributed by atoms with Crippen molar-refractivity contribution in [2.75, 3.05) is 20.6 Å². The van der Waals surface area contributed by atoms with Crippen LogP contribution in [-0.4, -0.2) is 59.0 Å². The maximum absolute atomic E-state index is 11.9. The van der Waals surface area contributed by atoms with Gasteiger partial charge in [-0.2, -0.15) is 0 Å². The van der Waals surface area contributed by atoms with Crippen LogP contribution in [0.25, 0.3) is 0 Å². The fraction of sp³-hybridized carbons (Fsp3) is 0.800. The van der Waals surface area contributed by atoms with Crippen LogP contribution in [0.15, 0.2) is 0 Å². The topological polar surface area (TPSA) is 60.9 Å². The lowest BCUT2D eigenvalue weighted by Gasteiger charge is -2.47. The van der Waals surface area contributed by atoms with Gasteiger partial charge < -0.3 is 10.0 Å². The zero-order valence-electron chi connectivity index (χ0n) is 9.65. The summed E-state index contributed by atoms with van der Waals surface area (Å²) in [6.45, 7) is 4.63. The Labute approximate surface area is 89.7 Å². The molecule has 0 aromatic carbocycles. The zero-order chi connectivity index (χ0) is 11.8. The van der Waals surface area contributed by atoms with Crippen LogP contribution < -0.4 is 0 Å². The predicted octanol–water partition coefficient (Wildman–Crippen LogP) is 0.0121. The van der Waals surface area contributed by atoms with Crippen molar-refractivity contribution in [1.29, 1.82) is 0 Å². The molecule has 1 saturated heterocycles. The summed E-state index contributed by atoms with van der Waals surface area (Å²) in [5.41, 5.74) is -0.235. The highest BCUT2D eigenvalue weighted by Gasteiger charge is 2.41. The summed E-state index contributed by atoms with van der Waals surface area (Å²) < 4.78 is 0. The van der Waals surface area contributed by atoms with Crippen molar-refractivity contribution in [2.45, 2.75) is 31.8 Å². The number of hydrogen-bond donors (Lipinski definition) is 1. The minimum absolute atomic E-state index is 0.115. The van der Waals surface area contributed by atoms with E-state index in [0.29, 0.717) is 6.54 Å². The minimum atomic E-state index is -0.937. The molecule has 0 aromatic heterocycles. The van der Waals surface area contributed by atoms with Gasteiger partial charge in [0.1, 0.15) is 0 Å². The molecule has 1 aliphatic rings. The van der Waals surface area contributed by atoms with E-state index in [-0.39, 0.29) is 17.9 Å². The number of carboxylic acids is 1. The second-order valence-corrected chi connectivity index (χ2v) is 4.74. The van der Waals surface area contributed by atoms with Crippen LogP contribution in [0.3, 0.4) is 0 Å². The number of rotatable bonds is 2. The summed E-state index contributed by atoms with van der Waals surface area (Å²) in [6, 6.07) is -0.527. The van der Waals surface area contributed by atoms with E-state index >= 15 is 0 Å². The molecule has 1 N–H and O–H groups in total. The first-order valence-corrected chi connectivity index (χ1v) is 4.95. The molecule has 5 nitrogen and oxygen atoms in total. The fourth-order valence-electron chi connectivity index (χ4n) is 1.95. The summed E-state index contributed by atoms with van der Waals surface area (Å²) in [7, 11) is 3.52. The van der Waals surface area contributed by atoms with Crippen molar-refractivity contribution in [2.24, 2.45) is 0 Å². The largest absolute Gasteiger partial charge is 0.481 e. The normalized spacial score (nSPS) is 26.8. The van der Waals surface area contributed by atoms with Gasteiger partial charge in [0.2, 0.25) is 5.91 Å². The third-order valence-electron chi connectivity index (χ3n) is 3.06. The molecule has 15 heavy (non-hydrogen) atoms. The molecule has 1 unspecified atom stereocenters. The summed E-state index contributed by atoms with van der Waals surface area (Å²) in [5.74, 6) is -1.05. The Morgan fingerprint density at radius 3 is 2.53 bits per heavy atom. The number of carboxylic acid groups (broad SMARTS) is 1. The summed E-state index contributed by atoms with van der Waals surface area (Å²) in [5, 5.41) is 8.72. The predicted molar refractivity (Wildman–Crippen MR) is 55.5 cm³/mol. The third kappa shape index (κ3) is 2.28. The van der Waals surface area contributed by atoms with Gasteiger partial charge in [-0.25, -0.2) is 0 Å². The molecule has 1 rings (SSSR count). The number of likely N-dealkylation sites (N-methyl/N-ethyl adjacent to an activating group) is 2. The number of aliphatic carboxylic acids is 1. The average molecular weight is 214 g/mol. The Kier molecular flexibility index (Phi) is 3.04. The van der Waals surface area contributed by atoms with Crippen LogP contribution >= 0.6 is 0 Å². The van der Waals surface area contributed by atoms with Crippen molar-refractivity contribution >= 4 is 11.9 Å². The molecule has 86 valence electrons. The van der Waals surface area contributed by atoms with Crippen LogP contribution in [0, 0.1) is 0 Å². The van der Waals surface area contributed by atoms with E-state index < -0.39 is 12.0 Å². The van der Waals surface area contributed by atoms with Gasteiger partial charge >= 0.3 is 5.97 Å². The van der Waals surface area contributed by atoms with Gasteiger partial charge in [0.15, 0.2) is 0 Å². The molecule has 0 saturated carbocycles. The first kappa shape index (κ1) is 12.0. The van der Waals surface area contributed by atoms with E-state index in [2.05, 4.69) is 0 Å². The molecule has 1 fully saturated rings. The zero-order valence-corrected chi connectivity index (χ0v) is 9.65. The third-order valence-corrected chi connectivity index (χ3v) is 3.06. The van der Waals surface area contributed by atoms with E-state index in [4.69, 9.17) is 5.11 Å². The maximum atomic E-state index is 11.9. The van der Waals surface area contributed by atoms with Crippen LogP contribution in [0.5, 0.6) is 0 Å². The number of nitrogens with zero attached hydrogens (tertiary/aromatic N) is 2. The van der Waals surface area contributed by atoms with Gasteiger partial charge in [0.05, 0.1) is 12.5 Å². The molecule has 0 aromatic rings. The summed E-state index contributed by atoms with van der Waals surface area (Å²) >= 11 is 0. The lowest BCUT2D eigenvalue weighted by molar-refractivity contribution is -0.153. The lowest BCUT2D eigenvalue weighted by atomic mass is 9.95. The SMILES string of the molecule is CN1CC(C)(C)N(C)C(=O)C1CC(=O)O. The Morgan fingerprint density at radius 1 is 1.53 bits per heavy atom. The fourth-order valence-corrected chi connectivity index (χ4v) is 1.95. The van der Waals surface area contributed by atoms with Crippen molar-refractivity contribution < 1.29 is 14.7 Å². The number of hydrogen-bond acceptors (Lipinski definition) is 3. The van der Waals surface area contributed by atoms with Crippen molar-refractivity contribution in [3.05, 3.63) is 0 Å². The molecule has 5 heteroatoms. The summed E-state index contributed by atoms with van der Waals surface area (Å²) in [6.07, 6.45) is -0.129. The van der Waals surface area contributed by atoms with Gasteiger partial charge in [0, 0.05) is 19.1 Å². The molecule has 0 radical (unpaired) electrons. The Balaban J connectivity index is 2.85. The van der Waals surface area contributed by atoms with E-state index in [1.165, 1.54) is 0 Å². The highest BCUT2D eigenvalue weighted by Crippen LogP contribution is 2.23. The molecule has 1 heterocycles. The summed E-state index contributed by atoms with van der Waals surface area (Å²) in [4.78, 5) is 26.0. The highest BCUT2D eigenvalue weighted by atomic mass is 16.4. The molecule has 1 amide bonds. The molecule has 1 aliphatic heterocycles. The van der Waals surface area contributed by atoms with Gasteiger partial charge in [-0.15, -0.1) is 0 Å². The standard InChI is InChI=1S/C10H18N2O3/c1-10(2)6-11(3)7(5-8(13)14)9(15)12(10)4/h7H,5-6H2,1-4H3,(H,13,14). The Bertz CT molecular complexity index is 288. The number of carbonyl (C=O) groups excluding carboxylic acids is 1. The Morgan fingerprint density at radius 2 is 2.07 bits per heavy atom. The van der Waals surface area contributed by atoms with E-state index in [1.54, 1.807) is 19.0 Å². The van der Waals surface area contributed by atoms with E-state index in [1.807, 2.05) is 18.7 Å². The molecule has 0 spiro atoms. The lowest BCUT2D eigenvalue weighted by Crippen LogP contribution is -2.64. The molecule has 0 bridgehead atoms. The highest BCUT2D eigenvalue weighted by molar-refractivity contribution is 5.87. The van der Waals surface area contributed by atoms with Gasteiger partial charge in [-0.05, 0) is 20.9 Å². The molecular formula is C10H18N2O3. The van der Waals surface area contributed by atoms with Gasteiger partial charge in [0.25, 0.3) is 0 Å². The van der Waals surface area contributed by atoms with E-state index in [9.17, 15) is 9.59 Å². The maximum Gasteiger partial charge on any atom is 0.305 e. The number of amides is 1. The van der Waals surface area contributed by atoms with Gasteiger partial charge in [-0.1, -0.05) is 0 Å². The van der Waals surface area contributed by atoms with Crippen molar-refractivity contribution in [3.8, 4) is 0 Å². The van der Waals surface area contributed by atoms with Crippen LogP contribution in [0.4, 0.5) is 0 Å². The average Bonchev–Trinajstić information content (AvgIpc) is 2.08. The first-order chi connectivity index (χ1) is 6.75. The Hall–Kier alpha value is -1.10. The second-order valence-electron chi connectivity index (χ2n) is 4.74. The molecule has 1 atom stereocenters. The van der Waals surface area contributed by atoms with Crippen molar-refractivity contribution in [1.82, 2.24) is 9.80 Å². The van der Waals surface area contributed by atoms with Crippen molar-refractivity contribution in [3.63, 3.8) is 0 Å². The first-order valence-electron chi connectivity index (χ1n) is 4.95. The van der Waals surface area contributed by atoms with Crippen LogP contribution in [-0.2, 0) is 9.59 Å².